The van der Waals surface area contributed by atoms with Crippen molar-refractivity contribution in [2.24, 2.45) is 0 Å². The van der Waals surface area contributed by atoms with Crippen molar-refractivity contribution in [3.05, 3.63) is 90.0 Å². The molecule has 0 fully saturated rings. The van der Waals surface area contributed by atoms with Crippen LogP contribution < -0.4 is 14.8 Å². The van der Waals surface area contributed by atoms with Gasteiger partial charge in [0, 0.05) is 0 Å². The van der Waals surface area contributed by atoms with Gasteiger partial charge in [-0.3, -0.25) is 0 Å². The lowest BCUT2D eigenvalue weighted by molar-refractivity contribution is 0.506. The molecule has 0 radical (unpaired) electrons. The molecular formula is C26H30OSi. The first kappa shape index (κ1) is 19.0. The van der Waals surface area contributed by atoms with Crippen molar-refractivity contribution in [3.8, 4) is 5.75 Å². The van der Waals surface area contributed by atoms with Crippen LogP contribution in [0.4, 0.5) is 0 Å². The molecule has 0 N–H and O–H groups in total. The van der Waals surface area contributed by atoms with E-state index < -0.39 is 8.32 Å². The summed E-state index contributed by atoms with van der Waals surface area (Å²) in [5.74, 6) is 1.02. The minimum atomic E-state index is -2.54. The molecule has 0 spiro atoms. The predicted molar refractivity (Wildman–Crippen MR) is 121 cm³/mol. The van der Waals surface area contributed by atoms with Gasteiger partial charge >= 0.3 is 8.32 Å². The smallest absolute Gasteiger partial charge is 0.319 e. The molecule has 3 aromatic rings. The van der Waals surface area contributed by atoms with Crippen molar-refractivity contribution in [1.29, 1.82) is 0 Å². The molecule has 1 nitrogen and oxygen atoms in total. The number of fused-ring (bicyclic) bond motifs is 1. The molecule has 0 atom stereocenters. The topological polar surface area (TPSA) is 9.23 Å². The Hall–Kier alpha value is -2.32. The van der Waals surface area contributed by atoms with E-state index in [2.05, 4.69) is 99.6 Å². The van der Waals surface area contributed by atoms with E-state index in [4.69, 9.17) is 4.43 Å². The zero-order valence-electron chi connectivity index (χ0n) is 17.2. The lowest BCUT2D eigenvalue weighted by atomic mass is 9.92. The van der Waals surface area contributed by atoms with E-state index >= 15 is 0 Å². The van der Waals surface area contributed by atoms with Crippen LogP contribution in [0.15, 0.2) is 78.9 Å². The number of rotatable bonds is 4. The first-order chi connectivity index (χ1) is 13.5. The van der Waals surface area contributed by atoms with E-state index in [1.54, 1.807) is 0 Å². The molecular weight excluding hydrogens is 356 g/mol. The second kappa shape index (κ2) is 7.60. The summed E-state index contributed by atoms with van der Waals surface area (Å²) in [4.78, 5) is 0. The normalized spacial score (nSPS) is 14.4. The Bertz CT molecular complexity index is 886. The monoisotopic (exact) mass is 386 g/mol. The van der Waals surface area contributed by atoms with E-state index in [9.17, 15) is 0 Å². The van der Waals surface area contributed by atoms with E-state index in [0.29, 0.717) is 0 Å². The first-order valence-electron chi connectivity index (χ1n) is 10.4. The van der Waals surface area contributed by atoms with Gasteiger partial charge in [-0.25, -0.2) is 0 Å². The van der Waals surface area contributed by atoms with Crippen molar-refractivity contribution >= 4 is 18.7 Å². The molecule has 1 aliphatic carbocycles. The molecule has 0 bridgehead atoms. The highest BCUT2D eigenvalue weighted by molar-refractivity contribution is 7.00. The summed E-state index contributed by atoms with van der Waals surface area (Å²) >= 11 is 0. The quantitative estimate of drug-likeness (QED) is 0.538. The summed E-state index contributed by atoms with van der Waals surface area (Å²) in [6.45, 7) is 6.99. The fraction of sp³-hybridized carbons (Fsp3) is 0.308. The lowest BCUT2D eigenvalue weighted by Gasteiger charge is -2.43. The van der Waals surface area contributed by atoms with Crippen LogP contribution in [-0.2, 0) is 12.8 Å². The van der Waals surface area contributed by atoms with Gasteiger partial charge in [0.15, 0.2) is 0 Å². The maximum atomic E-state index is 7.14. The molecule has 0 saturated carbocycles. The third kappa shape index (κ3) is 3.42. The van der Waals surface area contributed by atoms with Crippen LogP contribution in [-0.4, -0.2) is 8.32 Å². The maximum Gasteiger partial charge on any atom is 0.319 e. The van der Waals surface area contributed by atoms with Gasteiger partial charge in [0.2, 0.25) is 0 Å². The molecule has 0 unspecified atom stereocenters. The summed E-state index contributed by atoms with van der Waals surface area (Å²) < 4.78 is 7.14. The number of benzene rings is 3. The second-order valence-corrected chi connectivity index (χ2v) is 13.1. The SMILES string of the molecule is CC(C)(C)[Si](Oc1ccc2c(c1)CCCC2)(c1ccccc1)c1ccccc1. The second-order valence-electron chi connectivity index (χ2n) is 8.90. The third-order valence-electron chi connectivity index (χ3n) is 6.01. The Morgan fingerprint density at radius 3 is 1.75 bits per heavy atom. The lowest BCUT2D eigenvalue weighted by Crippen LogP contribution is -2.68. The predicted octanol–water partition coefficient (Wildman–Crippen LogP) is 5.50. The van der Waals surface area contributed by atoms with Crippen LogP contribution in [0.3, 0.4) is 0 Å². The molecule has 144 valence electrons. The molecule has 4 rings (SSSR count). The highest BCUT2D eigenvalue weighted by atomic mass is 28.4. The molecule has 28 heavy (non-hydrogen) atoms. The third-order valence-corrected chi connectivity index (χ3v) is 11.0. The molecule has 2 heteroatoms. The molecule has 3 aromatic carbocycles. The summed E-state index contributed by atoms with van der Waals surface area (Å²) in [6, 6.07) is 28.6. The zero-order chi connectivity index (χ0) is 19.6. The van der Waals surface area contributed by atoms with E-state index in [1.807, 2.05) is 0 Å². The van der Waals surface area contributed by atoms with Gasteiger partial charge in [0.1, 0.15) is 5.75 Å². The van der Waals surface area contributed by atoms with E-state index in [1.165, 1.54) is 47.2 Å². The van der Waals surface area contributed by atoms with Gasteiger partial charge in [-0.2, -0.15) is 0 Å². The Labute approximate surface area is 170 Å². The fourth-order valence-corrected chi connectivity index (χ4v) is 9.01. The van der Waals surface area contributed by atoms with Crippen LogP contribution >= 0.6 is 0 Å². The summed E-state index contributed by atoms with van der Waals surface area (Å²) in [5.41, 5.74) is 2.97. The van der Waals surface area contributed by atoms with Crippen LogP contribution in [0.5, 0.6) is 5.75 Å². The first-order valence-corrected chi connectivity index (χ1v) is 12.3. The number of aryl methyl sites for hydroxylation is 2. The largest absolute Gasteiger partial charge is 0.534 e. The average molecular weight is 387 g/mol. The van der Waals surface area contributed by atoms with Crippen LogP contribution in [0, 0.1) is 0 Å². The van der Waals surface area contributed by atoms with Crippen molar-refractivity contribution in [2.75, 3.05) is 0 Å². The highest BCUT2D eigenvalue weighted by Crippen LogP contribution is 2.38. The molecule has 0 aliphatic heterocycles. The molecule has 1 aliphatic rings. The minimum absolute atomic E-state index is 0.00832. The van der Waals surface area contributed by atoms with Gasteiger partial charge in [0.25, 0.3) is 0 Å². The van der Waals surface area contributed by atoms with Crippen molar-refractivity contribution in [2.45, 2.75) is 51.5 Å². The molecule has 0 amide bonds. The molecule has 0 saturated heterocycles. The standard InChI is InChI=1S/C26H30OSi/c1-26(2,3)28(24-14-6-4-7-15-24,25-16-8-5-9-17-25)27-23-19-18-21-12-10-11-13-22(21)20-23/h4-9,14-20H,10-13H2,1-3H3. The maximum absolute atomic E-state index is 7.14. The van der Waals surface area contributed by atoms with Crippen molar-refractivity contribution in [3.63, 3.8) is 0 Å². The molecule has 0 aromatic heterocycles. The van der Waals surface area contributed by atoms with Crippen molar-refractivity contribution < 1.29 is 4.43 Å². The summed E-state index contributed by atoms with van der Waals surface area (Å²) in [5, 5.41) is 2.64. The van der Waals surface area contributed by atoms with Gasteiger partial charge in [-0.15, -0.1) is 0 Å². The minimum Gasteiger partial charge on any atom is -0.534 e. The van der Waals surface area contributed by atoms with Crippen molar-refractivity contribution in [1.82, 2.24) is 0 Å². The Balaban J connectivity index is 1.88. The average Bonchev–Trinajstić information content (AvgIpc) is 2.72. The fourth-order valence-electron chi connectivity index (χ4n) is 4.60. The van der Waals surface area contributed by atoms with E-state index in [-0.39, 0.29) is 5.04 Å². The van der Waals surface area contributed by atoms with Gasteiger partial charge < -0.3 is 4.43 Å². The summed E-state index contributed by atoms with van der Waals surface area (Å²) in [7, 11) is -2.54. The molecule has 0 heterocycles. The van der Waals surface area contributed by atoms with E-state index in [0.717, 1.165) is 5.75 Å². The summed E-state index contributed by atoms with van der Waals surface area (Å²) in [6.07, 6.45) is 4.97. The Morgan fingerprint density at radius 2 is 1.21 bits per heavy atom. The Morgan fingerprint density at radius 1 is 0.679 bits per heavy atom. The van der Waals surface area contributed by atoms with Crippen LogP contribution in [0.2, 0.25) is 5.04 Å². The van der Waals surface area contributed by atoms with Crippen LogP contribution in [0.25, 0.3) is 0 Å². The highest BCUT2D eigenvalue weighted by Gasteiger charge is 2.52. The number of hydrogen-bond donors (Lipinski definition) is 0. The number of hydrogen-bond acceptors (Lipinski definition) is 1. The van der Waals surface area contributed by atoms with Gasteiger partial charge in [0.05, 0.1) is 0 Å². The van der Waals surface area contributed by atoms with Gasteiger partial charge in [-0.1, -0.05) is 87.5 Å². The van der Waals surface area contributed by atoms with Crippen LogP contribution in [0.1, 0.15) is 44.7 Å². The zero-order valence-corrected chi connectivity index (χ0v) is 18.2. The van der Waals surface area contributed by atoms with Gasteiger partial charge in [-0.05, 0) is 64.4 Å². The Kier molecular flexibility index (Phi) is 5.16.